The van der Waals surface area contributed by atoms with E-state index in [-0.39, 0.29) is 13.2 Å². The summed E-state index contributed by atoms with van der Waals surface area (Å²) in [4.78, 5) is 11.8. The molecule has 38 heavy (non-hydrogen) atoms. The number of hydrogen-bond acceptors (Lipinski definition) is 6. The third-order valence-corrected chi connectivity index (χ3v) is 6.80. The van der Waals surface area contributed by atoms with Gasteiger partial charge in [0.05, 0.1) is 25.4 Å². The van der Waals surface area contributed by atoms with Crippen molar-refractivity contribution < 1.29 is 28.8 Å². The van der Waals surface area contributed by atoms with Crippen molar-refractivity contribution in [3.8, 4) is 22.6 Å². The lowest BCUT2D eigenvalue weighted by Gasteiger charge is -2.29. The fraction of sp³-hybridized carbons (Fsp3) is 0.406. The molecule has 0 radical (unpaired) electrons. The number of hydrogen-bond donors (Lipinski definition) is 1. The van der Waals surface area contributed by atoms with Crippen molar-refractivity contribution in [3.63, 3.8) is 0 Å². The van der Waals surface area contributed by atoms with Crippen LogP contribution in [0.5, 0.6) is 11.5 Å². The van der Waals surface area contributed by atoms with Crippen LogP contribution in [0.15, 0.2) is 79.4 Å². The van der Waals surface area contributed by atoms with Crippen LogP contribution in [0.25, 0.3) is 11.1 Å². The van der Waals surface area contributed by atoms with E-state index in [1.807, 2.05) is 30.3 Å². The Bertz CT molecular complexity index is 1100. The molecule has 0 spiro atoms. The number of aliphatic hydroxyl groups is 1. The van der Waals surface area contributed by atoms with Crippen LogP contribution < -0.4 is 9.47 Å². The maximum Gasteiger partial charge on any atom is 0.335 e. The van der Waals surface area contributed by atoms with Crippen LogP contribution in [0.2, 0.25) is 0 Å². The highest BCUT2D eigenvalue weighted by Gasteiger charge is 2.24. The van der Waals surface area contributed by atoms with Gasteiger partial charge in [-0.25, -0.2) is 4.79 Å². The van der Waals surface area contributed by atoms with Gasteiger partial charge in [-0.1, -0.05) is 37.4 Å². The van der Waals surface area contributed by atoms with Gasteiger partial charge in [-0.05, 0) is 91.0 Å². The smallest absolute Gasteiger partial charge is 0.335 e. The van der Waals surface area contributed by atoms with E-state index in [9.17, 15) is 9.90 Å². The first-order chi connectivity index (χ1) is 18.3. The molecular weight excluding hydrogens is 480 g/mol. The molecular formula is C32H40O6. The molecule has 2 aromatic carbocycles. The van der Waals surface area contributed by atoms with Gasteiger partial charge in [-0.2, -0.15) is 0 Å². The molecule has 1 N–H and O–H groups in total. The average Bonchev–Trinajstić information content (AvgIpc) is 2.93. The molecule has 1 unspecified atom stereocenters. The van der Waals surface area contributed by atoms with Gasteiger partial charge in [0.2, 0.25) is 6.29 Å². The van der Waals surface area contributed by atoms with Crippen LogP contribution in [0.3, 0.4) is 0 Å². The van der Waals surface area contributed by atoms with Gasteiger partial charge in [-0.15, -0.1) is 6.58 Å². The second kappa shape index (κ2) is 14.6. The molecule has 0 aliphatic heterocycles. The van der Waals surface area contributed by atoms with Crippen LogP contribution in [0.4, 0.5) is 0 Å². The summed E-state index contributed by atoms with van der Waals surface area (Å²) >= 11 is 0. The molecule has 1 aliphatic carbocycles. The van der Waals surface area contributed by atoms with Crippen molar-refractivity contribution in [3.05, 3.63) is 85.0 Å². The van der Waals surface area contributed by atoms with Gasteiger partial charge in [0.25, 0.3) is 0 Å². The lowest BCUT2D eigenvalue weighted by atomic mass is 9.76. The predicted octanol–water partition coefficient (Wildman–Crippen LogP) is 6.60. The molecule has 0 amide bonds. The van der Waals surface area contributed by atoms with E-state index < -0.39 is 12.3 Å². The second-order valence-corrected chi connectivity index (χ2v) is 9.81. The summed E-state index contributed by atoms with van der Waals surface area (Å²) in [6, 6.07) is 14.0. The van der Waals surface area contributed by atoms with Gasteiger partial charge >= 0.3 is 5.97 Å². The number of carbonyl (C=O) groups is 1. The molecule has 0 heterocycles. The molecule has 1 aliphatic rings. The highest BCUT2D eigenvalue weighted by molar-refractivity contribution is 5.87. The Labute approximate surface area is 226 Å². The Balaban J connectivity index is 1.70. The van der Waals surface area contributed by atoms with E-state index in [4.69, 9.17) is 18.9 Å². The summed E-state index contributed by atoms with van der Waals surface area (Å²) in [5.41, 5.74) is 4.36. The Kier molecular flexibility index (Phi) is 11.2. The number of rotatable bonds is 14. The SMILES string of the molecule is C=CC1CCC(c2cc(OCCCOC(=O)C(=C)COC)ccc2-c2ccc(OC(O)C(=C)C)cc2)CC1. The van der Waals surface area contributed by atoms with Crippen molar-refractivity contribution in [2.45, 2.75) is 51.2 Å². The number of carbonyl (C=O) groups excluding carboxylic acids is 1. The minimum atomic E-state index is -1.03. The minimum Gasteiger partial charge on any atom is -0.493 e. The van der Waals surface area contributed by atoms with E-state index in [2.05, 4.69) is 37.9 Å². The first-order valence-corrected chi connectivity index (χ1v) is 13.2. The van der Waals surface area contributed by atoms with Crippen molar-refractivity contribution >= 4 is 5.97 Å². The van der Waals surface area contributed by atoms with E-state index in [0.29, 0.717) is 41.8 Å². The first-order valence-electron chi connectivity index (χ1n) is 13.2. The Morgan fingerprint density at radius 2 is 1.74 bits per heavy atom. The predicted molar refractivity (Wildman–Crippen MR) is 150 cm³/mol. The minimum absolute atomic E-state index is 0.158. The Morgan fingerprint density at radius 3 is 2.37 bits per heavy atom. The first kappa shape index (κ1) is 29.2. The number of benzene rings is 2. The number of methoxy groups -OCH3 is 1. The summed E-state index contributed by atoms with van der Waals surface area (Å²) in [6.45, 7) is 13.9. The fourth-order valence-electron chi connectivity index (χ4n) is 4.59. The van der Waals surface area contributed by atoms with Crippen LogP contribution in [-0.4, -0.2) is 44.3 Å². The zero-order valence-corrected chi connectivity index (χ0v) is 22.6. The van der Waals surface area contributed by atoms with E-state index in [1.165, 1.54) is 12.7 Å². The fourth-order valence-corrected chi connectivity index (χ4v) is 4.59. The summed E-state index contributed by atoms with van der Waals surface area (Å²) in [7, 11) is 1.51. The van der Waals surface area contributed by atoms with Crippen LogP contribution in [-0.2, 0) is 14.3 Å². The van der Waals surface area contributed by atoms with Crippen molar-refractivity contribution in [1.82, 2.24) is 0 Å². The standard InChI is InChI=1S/C32H40O6/c1-6-24-8-10-26(11-9-24)30-20-28(36-18-7-19-37-32(34)23(4)21-35-5)16-17-29(30)25-12-14-27(15-13-25)38-31(33)22(2)3/h6,12-17,20,24,26,31,33H,1-2,4,7-11,18-19,21H2,3,5H3. The molecule has 1 saturated carbocycles. The number of ether oxygens (including phenoxy) is 4. The van der Waals surface area contributed by atoms with Crippen molar-refractivity contribution in [2.24, 2.45) is 5.92 Å². The normalized spacial score (nSPS) is 17.8. The van der Waals surface area contributed by atoms with E-state index >= 15 is 0 Å². The van der Waals surface area contributed by atoms with Gasteiger partial charge < -0.3 is 24.1 Å². The molecule has 204 valence electrons. The molecule has 1 atom stereocenters. The van der Waals surface area contributed by atoms with Crippen molar-refractivity contribution in [1.29, 1.82) is 0 Å². The lowest BCUT2D eigenvalue weighted by Crippen LogP contribution is -2.15. The zero-order chi connectivity index (χ0) is 27.5. The molecule has 6 nitrogen and oxygen atoms in total. The summed E-state index contributed by atoms with van der Waals surface area (Å²) < 4.78 is 21.7. The van der Waals surface area contributed by atoms with Crippen LogP contribution in [0.1, 0.15) is 50.5 Å². The molecule has 0 aromatic heterocycles. The third-order valence-electron chi connectivity index (χ3n) is 6.80. The summed E-state index contributed by atoms with van der Waals surface area (Å²) in [5.74, 6) is 1.95. The third kappa shape index (κ3) is 8.33. The van der Waals surface area contributed by atoms with Crippen LogP contribution >= 0.6 is 0 Å². The topological polar surface area (TPSA) is 74.2 Å². The zero-order valence-electron chi connectivity index (χ0n) is 22.6. The molecule has 3 rings (SSSR count). The second-order valence-electron chi connectivity index (χ2n) is 9.81. The van der Waals surface area contributed by atoms with Gasteiger partial charge in [0, 0.05) is 13.5 Å². The monoisotopic (exact) mass is 520 g/mol. The highest BCUT2D eigenvalue weighted by atomic mass is 16.6. The Hall–Kier alpha value is -3.35. The number of aliphatic hydroxyl groups excluding tert-OH is 1. The van der Waals surface area contributed by atoms with E-state index in [1.54, 1.807) is 6.92 Å². The molecule has 1 fully saturated rings. The van der Waals surface area contributed by atoms with Gasteiger partial charge in [0.1, 0.15) is 11.5 Å². The number of allylic oxidation sites excluding steroid dienone is 1. The highest BCUT2D eigenvalue weighted by Crippen LogP contribution is 2.42. The molecule has 6 heteroatoms. The Morgan fingerprint density at radius 1 is 1.05 bits per heavy atom. The lowest BCUT2D eigenvalue weighted by molar-refractivity contribution is -0.139. The van der Waals surface area contributed by atoms with Gasteiger partial charge in [-0.3, -0.25) is 0 Å². The van der Waals surface area contributed by atoms with Crippen molar-refractivity contribution in [2.75, 3.05) is 26.9 Å². The average molecular weight is 521 g/mol. The largest absolute Gasteiger partial charge is 0.493 e. The number of esters is 1. The molecule has 2 aromatic rings. The summed E-state index contributed by atoms with van der Waals surface area (Å²) in [6.07, 6.45) is 6.08. The molecule has 0 bridgehead atoms. The quantitative estimate of drug-likeness (QED) is 0.0994. The summed E-state index contributed by atoms with van der Waals surface area (Å²) in [5, 5.41) is 9.95. The maximum atomic E-state index is 11.8. The van der Waals surface area contributed by atoms with E-state index in [0.717, 1.165) is 42.6 Å². The van der Waals surface area contributed by atoms with Crippen LogP contribution in [0, 0.1) is 5.92 Å². The molecule has 0 saturated heterocycles. The maximum absolute atomic E-state index is 11.8. The van der Waals surface area contributed by atoms with Gasteiger partial charge in [0.15, 0.2) is 0 Å².